The Balaban J connectivity index is 0.912. The second kappa shape index (κ2) is 16.6. The predicted molar refractivity (Wildman–Crippen MR) is 166 cm³/mol. The molecule has 4 rings (SSSR count). The van der Waals surface area contributed by atoms with Gasteiger partial charge in [0.15, 0.2) is 0 Å². The molecule has 0 bridgehead atoms. The van der Waals surface area contributed by atoms with Gasteiger partial charge in [0.1, 0.15) is 11.5 Å². The Morgan fingerprint density at radius 2 is 0.833 bits per heavy atom. The van der Waals surface area contributed by atoms with Gasteiger partial charge in [-0.2, -0.15) is 11.8 Å². The number of amides is 4. The summed E-state index contributed by atoms with van der Waals surface area (Å²) < 4.78 is 11.6. The first-order valence-corrected chi connectivity index (χ1v) is 15.8. The monoisotopic (exact) mass is 590 g/mol. The van der Waals surface area contributed by atoms with Gasteiger partial charge >= 0.3 is 0 Å². The summed E-state index contributed by atoms with van der Waals surface area (Å²) in [5.74, 6) is 2.29. The molecule has 2 aliphatic rings. The Hall–Kier alpha value is -3.85. The maximum atomic E-state index is 11.8. The lowest BCUT2D eigenvalue weighted by Gasteiger charge is -2.14. The lowest BCUT2D eigenvalue weighted by Crippen LogP contribution is -2.29. The second-order valence-electron chi connectivity index (χ2n) is 10.2. The number of carbonyl (C=O) groups excluding carboxylic acids is 4. The Bertz CT molecular complexity index is 1140. The van der Waals surface area contributed by atoms with Crippen molar-refractivity contribution in [3.63, 3.8) is 0 Å². The number of imide groups is 2. The Kier molecular flexibility index (Phi) is 12.3. The molecule has 0 spiro atoms. The maximum Gasteiger partial charge on any atom is 0.258 e. The summed E-state index contributed by atoms with van der Waals surface area (Å²) in [4.78, 5) is 49.3. The van der Waals surface area contributed by atoms with Gasteiger partial charge in [-0.1, -0.05) is 44.9 Å². The average molecular weight is 591 g/mol. The second-order valence-corrected chi connectivity index (χ2v) is 11.4. The number of anilines is 2. The van der Waals surface area contributed by atoms with E-state index < -0.39 is 0 Å². The predicted octanol–water partition coefficient (Wildman–Crippen LogP) is 6.25. The summed E-state index contributed by atoms with van der Waals surface area (Å²) in [6, 6.07) is 14.1. The molecule has 0 fully saturated rings. The van der Waals surface area contributed by atoms with Crippen molar-refractivity contribution in [3.05, 3.63) is 72.8 Å². The largest absolute Gasteiger partial charge is 0.494 e. The highest BCUT2D eigenvalue weighted by atomic mass is 32.2. The minimum Gasteiger partial charge on any atom is -0.494 e. The fourth-order valence-corrected chi connectivity index (χ4v) is 5.56. The van der Waals surface area contributed by atoms with Crippen LogP contribution in [0.3, 0.4) is 0 Å². The molecule has 2 aromatic rings. The summed E-state index contributed by atoms with van der Waals surface area (Å²) in [7, 11) is 0. The highest BCUT2D eigenvalue weighted by Crippen LogP contribution is 2.24. The first kappa shape index (κ1) is 31.1. The van der Waals surface area contributed by atoms with E-state index in [1.54, 1.807) is 48.5 Å². The van der Waals surface area contributed by atoms with Crippen molar-refractivity contribution < 1.29 is 28.7 Å². The van der Waals surface area contributed by atoms with Crippen molar-refractivity contribution >= 4 is 46.8 Å². The summed E-state index contributed by atoms with van der Waals surface area (Å²) in [6.07, 6.45) is 16.1. The number of rotatable bonds is 19. The first-order chi connectivity index (χ1) is 20.5. The molecule has 0 aromatic heterocycles. The molecule has 0 aliphatic carbocycles. The SMILES string of the molecule is O=C1C=CC(=O)N1c1ccc(OCCCCCCCCCCCSCCOc2ccc(N3C(=O)C=CC3=O)cc2)cc1. The molecular weight excluding hydrogens is 552 g/mol. The molecule has 0 atom stereocenters. The van der Waals surface area contributed by atoms with E-state index in [1.807, 2.05) is 11.8 Å². The van der Waals surface area contributed by atoms with Gasteiger partial charge < -0.3 is 9.47 Å². The third-order valence-corrected chi connectivity index (χ3v) is 8.04. The van der Waals surface area contributed by atoms with E-state index in [0.29, 0.717) is 24.6 Å². The number of ether oxygens (including phenoxy) is 2. The molecule has 0 radical (unpaired) electrons. The first-order valence-electron chi connectivity index (χ1n) is 14.7. The normalized spacial score (nSPS) is 14.5. The van der Waals surface area contributed by atoms with Crippen molar-refractivity contribution in [2.45, 2.75) is 57.8 Å². The topological polar surface area (TPSA) is 93.2 Å². The van der Waals surface area contributed by atoms with Crippen LogP contribution in [0.4, 0.5) is 11.4 Å². The Morgan fingerprint density at radius 1 is 0.452 bits per heavy atom. The third-order valence-electron chi connectivity index (χ3n) is 7.01. The zero-order valence-corrected chi connectivity index (χ0v) is 24.7. The van der Waals surface area contributed by atoms with Crippen LogP contribution in [-0.2, 0) is 19.2 Å². The van der Waals surface area contributed by atoms with Gasteiger partial charge in [0.2, 0.25) is 0 Å². The standard InChI is InChI=1S/C33H38N2O6S/c36-30-18-19-31(37)34(30)26-10-14-28(15-11-26)40-22-8-6-4-2-1-3-5-7-9-24-42-25-23-41-29-16-12-27(13-17-29)35-32(38)20-21-33(35)39/h10-21H,1-9,22-25H2. The average Bonchev–Trinajstić information content (AvgIpc) is 3.52. The van der Waals surface area contributed by atoms with Crippen molar-refractivity contribution in [2.24, 2.45) is 0 Å². The van der Waals surface area contributed by atoms with Crippen LogP contribution in [0.2, 0.25) is 0 Å². The van der Waals surface area contributed by atoms with Gasteiger partial charge in [0, 0.05) is 30.1 Å². The van der Waals surface area contributed by atoms with E-state index in [1.165, 1.54) is 69.2 Å². The van der Waals surface area contributed by atoms with Gasteiger partial charge in [-0.05, 0) is 67.1 Å². The quantitative estimate of drug-likeness (QED) is 0.141. The van der Waals surface area contributed by atoms with Crippen LogP contribution in [0.1, 0.15) is 57.8 Å². The van der Waals surface area contributed by atoms with Crippen molar-refractivity contribution in [2.75, 3.05) is 34.5 Å². The zero-order chi connectivity index (χ0) is 29.6. The van der Waals surface area contributed by atoms with Crippen LogP contribution in [-0.4, -0.2) is 48.3 Å². The van der Waals surface area contributed by atoms with Crippen LogP contribution in [0.25, 0.3) is 0 Å². The van der Waals surface area contributed by atoms with E-state index in [2.05, 4.69) is 0 Å². The molecular formula is C33H38N2O6S. The summed E-state index contributed by atoms with van der Waals surface area (Å²) in [5, 5.41) is 0. The Labute approximate surface area is 251 Å². The molecule has 9 heteroatoms. The molecule has 0 N–H and O–H groups in total. The number of unbranched alkanes of at least 4 members (excludes halogenated alkanes) is 8. The molecule has 0 saturated heterocycles. The van der Waals surface area contributed by atoms with E-state index in [0.717, 1.165) is 45.6 Å². The molecule has 2 aromatic carbocycles. The summed E-state index contributed by atoms with van der Waals surface area (Å²) in [6.45, 7) is 1.30. The number of thioether (sulfide) groups is 1. The van der Waals surface area contributed by atoms with Crippen LogP contribution >= 0.6 is 11.8 Å². The van der Waals surface area contributed by atoms with Crippen LogP contribution in [0.5, 0.6) is 11.5 Å². The minimum atomic E-state index is -0.318. The van der Waals surface area contributed by atoms with E-state index in [4.69, 9.17) is 9.47 Å². The summed E-state index contributed by atoms with van der Waals surface area (Å²) >= 11 is 1.91. The molecule has 0 unspecified atom stereocenters. The lowest BCUT2D eigenvalue weighted by molar-refractivity contribution is -0.121. The number of nitrogens with zero attached hydrogens (tertiary/aromatic N) is 2. The van der Waals surface area contributed by atoms with Gasteiger partial charge in [-0.15, -0.1) is 0 Å². The highest BCUT2D eigenvalue weighted by molar-refractivity contribution is 7.99. The van der Waals surface area contributed by atoms with Crippen LogP contribution in [0.15, 0.2) is 72.8 Å². The fourth-order valence-electron chi connectivity index (χ4n) is 4.75. The van der Waals surface area contributed by atoms with Crippen molar-refractivity contribution in [3.8, 4) is 11.5 Å². The highest BCUT2D eigenvalue weighted by Gasteiger charge is 2.25. The number of benzene rings is 2. The van der Waals surface area contributed by atoms with Gasteiger partial charge in [0.05, 0.1) is 24.6 Å². The molecule has 8 nitrogen and oxygen atoms in total. The molecule has 2 heterocycles. The third kappa shape index (κ3) is 9.34. The van der Waals surface area contributed by atoms with E-state index in [-0.39, 0.29) is 23.6 Å². The fraction of sp³-hybridized carbons (Fsp3) is 0.394. The van der Waals surface area contributed by atoms with Gasteiger partial charge in [0.25, 0.3) is 23.6 Å². The molecule has 42 heavy (non-hydrogen) atoms. The van der Waals surface area contributed by atoms with Gasteiger partial charge in [-0.25, -0.2) is 9.80 Å². The van der Waals surface area contributed by atoms with E-state index >= 15 is 0 Å². The number of carbonyl (C=O) groups is 4. The molecule has 0 saturated carbocycles. The summed E-state index contributed by atoms with van der Waals surface area (Å²) in [5.41, 5.74) is 1.11. The number of hydrogen-bond acceptors (Lipinski definition) is 7. The van der Waals surface area contributed by atoms with Gasteiger partial charge in [-0.3, -0.25) is 19.2 Å². The maximum absolute atomic E-state index is 11.8. The van der Waals surface area contributed by atoms with Crippen molar-refractivity contribution in [1.82, 2.24) is 0 Å². The zero-order valence-electron chi connectivity index (χ0n) is 23.9. The molecule has 222 valence electrons. The minimum absolute atomic E-state index is 0.316. The van der Waals surface area contributed by atoms with Crippen molar-refractivity contribution in [1.29, 1.82) is 0 Å². The van der Waals surface area contributed by atoms with Crippen LogP contribution in [0, 0.1) is 0 Å². The lowest BCUT2D eigenvalue weighted by atomic mass is 10.1. The smallest absolute Gasteiger partial charge is 0.258 e. The Morgan fingerprint density at radius 3 is 1.29 bits per heavy atom. The van der Waals surface area contributed by atoms with Crippen LogP contribution < -0.4 is 19.3 Å². The number of hydrogen-bond donors (Lipinski definition) is 0. The van der Waals surface area contributed by atoms with E-state index in [9.17, 15) is 19.2 Å². The molecule has 4 amide bonds. The molecule has 2 aliphatic heterocycles.